The van der Waals surface area contributed by atoms with Gasteiger partial charge < -0.3 is 15.8 Å². The second kappa shape index (κ2) is 6.26. The van der Waals surface area contributed by atoms with Crippen molar-refractivity contribution in [2.45, 2.75) is 31.8 Å². The lowest BCUT2D eigenvalue weighted by Crippen LogP contribution is -2.53. The minimum Gasteiger partial charge on any atom is -0.379 e. The highest BCUT2D eigenvalue weighted by atomic mass is 16.5. The van der Waals surface area contributed by atoms with E-state index < -0.39 is 5.54 Å². The second-order valence-corrected chi connectivity index (χ2v) is 6.79. The van der Waals surface area contributed by atoms with Crippen LogP contribution in [0.3, 0.4) is 0 Å². The molecule has 0 aliphatic carbocycles. The van der Waals surface area contributed by atoms with E-state index in [2.05, 4.69) is 16.4 Å². The number of aromatic nitrogens is 1. The maximum Gasteiger partial charge on any atom is 0.239 e. The molecule has 2 atom stereocenters. The molecule has 5 nitrogen and oxygen atoms in total. The summed E-state index contributed by atoms with van der Waals surface area (Å²) < 4.78 is 5.60. The summed E-state index contributed by atoms with van der Waals surface area (Å²) in [6, 6.07) is 10.2. The molecule has 1 fully saturated rings. The number of nitrogens with zero attached hydrogens (tertiary/aromatic N) is 1. The number of pyridine rings is 1. The van der Waals surface area contributed by atoms with Gasteiger partial charge in [-0.2, -0.15) is 0 Å². The monoisotopic (exact) mass is 313 g/mol. The van der Waals surface area contributed by atoms with E-state index >= 15 is 0 Å². The lowest BCUT2D eigenvalue weighted by molar-refractivity contribution is -0.126. The van der Waals surface area contributed by atoms with Crippen molar-refractivity contribution >= 4 is 16.8 Å². The van der Waals surface area contributed by atoms with Gasteiger partial charge in [0.2, 0.25) is 5.91 Å². The van der Waals surface area contributed by atoms with Crippen molar-refractivity contribution in [2.75, 3.05) is 13.2 Å². The number of hydrogen-bond donors (Lipinski definition) is 2. The van der Waals surface area contributed by atoms with E-state index in [0.717, 1.165) is 17.3 Å². The lowest BCUT2D eigenvalue weighted by Gasteiger charge is -2.24. The van der Waals surface area contributed by atoms with Crippen LogP contribution in [0.2, 0.25) is 0 Å². The smallest absolute Gasteiger partial charge is 0.239 e. The standard InChI is InChI=1S/C18H23N3O2/c1-18(2,19)17(22)21-16-11-23-10-13(16)9-12-7-8-20-15-6-4-3-5-14(12)15/h3-8,13,16H,9-11,19H2,1-2H3,(H,21,22)/t13-,16-/m1/s1. The number of carbonyl (C=O) groups is 1. The van der Waals surface area contributed by atoms with Crippen molar-refractivity contribution in [1.82, 2.24) is 10.3 Å². The maximum atomic E-state index is 12.1. The first-order chi connectivity index (χ1) is 10.9. The molecule has 23 heavy (non-hydrogen) atoms. The van der Waals surface area contributed by atoms with Crippen molar-refractivity contribution in [2.24, 2.45) is 11.7 Å². The number of amides is 1. The third-order valence-corrected chi connectivity index (χ3v) is 4.32. The van der Waals surface area contributed by atoms with Crippen LogP contribution in [-0.2, 0) is 16.0 Å². The summed E-state index contributed by atoms with van der Waals surface area (Å²) >= 11 is 0. The molecule has 0 spiro atoms. The van der Waals surface area contributed by atoms with Crippen molar-refractivity contribution in [3.63, 3.8) is 0 Å². The Morgan fingerprint density at radius 2 is 2.13 bits per heavy atom. The van der Waals surface area contributed by atoms with Crippen LogP contribution in [0.5, 0.6) is 0 Å². The zero-order chi connectivity index (χ0) is 16.4. The molecule has 5 heteroatoms. The first-order valence-corrected chi connectivity index (χ1v) is 7.95. The summed E-state index contributed by atoms with van der Waals surface area (Å²) in [5, 5.41) is 4.19. The fourth-order valence-electron chi connectivity index (χ4n) is 2.93. The van der Waals surface area contributed by atoms with Gasteiger partial charge in [0.05, 0.1) is 30.3 Å². The van der Waals surface area contributed by atoms with E-state index in [1.54, 1.807) is 13.8 Å². The van der Waals surface area contributed by atoms with Crippen LogP contribution in [-0.4, -0.2) is 35.7 Å². The zero-order valence-corrected chi connectivity index (χ0v) is 13.6. The van der Waals surface area contributed by atoms with Crippen molar-refractivity contribution in [3.05, 3.63) is 42.1 Å². The minimum absolute atomic E-state index is 0.00254. The molecule has 0 saturated carbocycles. The van der Waals surface area contributed by atoms with E-state index in [4.69, 9.17) is 10.5 Å². The highest BCUT2D eigenvalue weighted by Crippen LogP contribution is 2.24. The number of hydrogen-bond acceptors (Lipinski definition) is 4. The number of rotatable bonds is 4. The molecule has 1 saturated heterocycles. The second-order valence-electron chi connectivity index (χ2n) is 6.79. The highest BCUT2D eigenvalue weighted by molar-refractivity contribution is 5.85. The molecule has 0 bridgehead atoms. The molecular weight excluding hydrogens is 290 g/mol. The van der Waals surface area contributed by atoms with E-state index in [9.17, 15) is 4.79 Å². The molecule has 0 radical (unpaired) electrons. The molecule has 1 amide bonds. The normalized spacial score (nSPS) is 21.5. The van der Waals surface area contributed by atoms with Crippen LogP contribution < -0.4 is 11.1 Å². The fraction of sp³-hybridized carbons (Fsp3) is 0.444. The molecule has 122 valence electrons. The quantitative estimate of drug-likeness (QED) is 0.900. The van der Waals surface area contributed by atoms with Gasteiger partial charge in [-0.05, 0) is 38.0 Å². The van der Waals surface area contributed by atoms with Crippen LogP contribution >= 0.6 is 0 Å². The molecule has 1 aliphatic heterocycles. The summed E-state index contributed by atoms with van der Waals surface area (Å²) in [5.74, 6) is 0.102. The van der Waals surface area contributed by atoms with Crippen LogP contribution in [0.25, 0.3) is 10.9 Å². The van der Waals surface area contributed by atoms with E-state index in [-0.39, 0.29) is 17.9 Å². The van der Waals surface area contributed by atoms with Gasteiger partial charge in [-0.3, -0.25) is 9.78 Å². The summed E-state index contributed by atoms with van der Waals surface area (Å²) in [7, 11) is 0. The molecule has 2 aromatic rings. The fourth-order valence-corrected chi connectivity index (χ4v) is 2.93. The predicted molar refractivity (Wildman–Crippen MR) is 90.0 cm³/mol. The molecule has 3 rings (SSSR count). The Kier molecular flexibility index (Phi) is 4.33. The SMILES string of the molecule is CC(C)(N)C(=O)N[C@@H]1COC[C@H]1Cc1ccnc2ccccc12. The van der Waals surface area contributed by atoms with Crippen LogP contribution in [0, 0.1) is 5.92 Å². The first-order valence-electron chi connectivity index (χ1n) is 7.95. The summed E-state index contributed by atoms with van der Waals surface area (Å²) in [6.45, 7) is 4.61. The number of nitrogens with two attached hydrogens (primary N) is 1. The largest absolute Gasteiger partial charge is 0.379 e. The summed E-state index contributed by atoms with van der Waals surface area (Å²) in [5.41, 5.74) is 7.22. The summed E-state index contributed by atoms with van der Waals surface area (Å²) in [4.78, 5) is 16.5. The van der Waals surface area contributed by atoms with Gasteiger partial charge in [0, 0.05) is 17.5 Å². The molecule has 3 N–H and O–H groups in total. The predicted octanol–water partition coefficient (Wildman–Crippen LogP) is 1.65. The average Bonchev–Trinajstić information content (AvgIpc) is 2.94. The molecule has 2 heterocycles. The van der Waals surface area contributed by atoms with Crippen LogP contribution in [0.15, 0.2) is 36.5 Å². The van der Waals surface area contributed by atoms with Gasteiger partial charge in [0.15, 0.2) is 0 Å². The highest BCUT2D eigenvalue weighted by Gasteiger charge is 2.33. The lowest BCUT2D eigenvalue weighted by atomic mass is 9.92. The van der Waals surface area contributed by atoms with Crippen LogP contribution in [0.4, 0.5) is 0 Å². The maximum absolute atomic E-state index is 12.1. The Labute approximate surface area is 136 Å². The van der Waals surface area contributed by atoms with Gasteiger partial charge in [-0.1, -0.05) is 18.2 Å². The minimum atomic E-state index is -0.878. The Bertz CT molecular complexity index is 703. The number of ether oxygens (including phenoxy) is 1. The van der Waals surface area contributed by atoms with E-state index in [1.807, 2.05) is 30.5 Å². The van der Waals surface area contributed by atoms with Gasteiger partial charge in [0.25, 0.3) is 0 Å². The molecule has 1 aliphatic rings. The third-order valence-electron chi connectivity index (χ3n) is 4.32. The molecule has 0 unspecified atom stereocenters. The van der Waals surface area contributed by atoms with Crippen molar-refractivity contribution in [3.8, 4) is 0 Å². The number of nitrogens with one attached hydrogen (secondary N) is 1. The Balaban J connectivity index is 1.77. The van der Waals surface area contributed by atoms with Gasteiger partial charge in [-0.15, -0.1) is 0 Å². The Morgan fingerprint density at radius 3 is 2.91 bits per heavy atom. The third kappa shape index (κ3) is 3.51. The Hall–Kier alpha value is -1.98. The van der Waals surface area contributed by atoms with Crippen molar-refractivity contribution < 1.29 is 9.53 Å². The average molecular weight is 313 g/mol. The number of para-hydroxylation sites is 1. The van der Waals surface area contributed by atoms with Crippen molar-refractivity contribution in [1.29, 1.82) is 0 Å². The first kappa shape index (κ1) is 15.9. The number of fused-ring (bicyclic) bond motifs is 1. The van der Waals surface area contributed by atoms with Gasteiger partial charge in [-0.25, -0.2) is 0 Å². The number of benzene rings is 1. The molecule has 1 aromatic carbocycles. The van der Waals surface area contributed by atoms with E-state index in [1.165, 1.54) is 5.56 Å². The molecular formula is C18H23N3O2. The topological polar surface area (TPSA) is 77.2 Å². The van der Waals surface area contributed by atoms with Crippen LogP contribution in [0.1, 0.15) is 19.4 Å². The molecule has 1 aromatic heterocycles. The zero-order valence-electron chi connectivity index (χ0n) is 13.6. The summed E-state index contributed by atoms with van der Waals surface area (Å²) in [6.07, 6.45) is 2.68. The number of carbonyl (C=O) groups excluding carboxylic acids is 1. The van der Waals surface area contributed by atoms with Gasteiger partial charge >= 0.3 is 0 Å². The van der Waals surface area contributed by atoms with Gasteiger partial charge in [0.1, 0.15) is 0 Å². The van der Waals surface area contributed by atoms with E-state index in [0.29, 0.717) is 13.2 Å². The Morgan fingerprint density at radius 1 is 1.35 bits per heavy atom.